The Labute approximate surface area is 182 Å². The lowest BCUT2D eigenvalue weighted by atomic mass is 10.2. The molecule has 8 nitrogen and oxygen atoms in total. The van der Waals surface area contributed by atoms with E-state index in [9.17, 15) is 13.2 Å². The van der Waals surface area contributed by atoms with Gasteiger partial charge in [-0.3, -0.25) is 9.79 Å². The highest BCUT2D eigenvalue weighted by atomic mass is 32.2. The van der Waals surface area contributed by atoms with Gasteiger partial charge in [0.25, 0.3) is 0 Å². The summed E-state index contributed by atoms with van der Waals surface area (Å²) < 4.78 is 29.2. The lowest BCUT2D eigenvalue weighted by molar-refractivity contribution is -0.119. The summed E-state index contributed by atoms with van der Waals surface area (Å²) >= 11 is 1.55. The molecule has 0 bridgehead atoms. The third-order valence-corrected chi connectivity index (χ3v) is 7.93. The van der Waals surface area contributed by atoms with E-state index in [0.717, 1.165) is 36.6 Å². The average molecular weight is 452 g/mol. The number of nitrogens with one attached hydrogen (secondary N) is 1. The number of nitrogens with zero attached hydrogens (tertiary/aromatic N) is 4. The van der Waals surface area contributed by atoms with Crippen molar-refractivity contribution in [1.29, 1.82) is 0 Å². The molecule has 1 amide bonds. The number of carbonyl (C=O) groups is 1. The van der Waals surface area contributed by atoms with E-state index in [-0.39, 0.29) is 10.8 Å². The minimum Gasteiger partial charge on any atom is -0.328 e. The Morgan fingerprint density at radius 1 is 1.27 bits per heavy atom. The molecule has 2 heterocycles. The molecule has 30 heavy (non-hydrogen) atoms. The van der Waals surface area contributed by atoms with E-state index in [1.54, 1.807) is 23.9 Å². The number of carbonyl (C=O) groups excluding carboxylic acids is 1. The molecule has 1 aromatic carbocycles. The molecule has 0 spiro atoms. The van der Waals surface area contributed by atoms with Crippen molar-refractivity contribution in [2.45, 2.75) is 51.5 Å². The van der Waals surface area contributed by atoms with E-state index in [1.165, 1.54) is 4.31 Å². The standard InChI is InChI=1S/C20H29N5O3S2/c1-4-12-25-17-8-7-15(30(27,28)24(5-2)6-3)14-16(17)22-18(25)9-10-19(26)23-20-21-11-13-29-20/h7-8,14H,4-6,9-13H2,1-3H3,(H,21,23,26). The maximum absolute atomic E-state index is 12.9. The van der Waals surface area contributed by atoms with Gasteiger partial charge in [0.05, 0.1) is 22.5 Å². The predicted molar refractivity (Wildman–Crippen MR) is 121 cm³/mol. The number of aryl methyl sites for hydroxylation is 2. The lowest BCUT2D eigenvalue weighted by Gasteiger charge is -2.18. The first-order valence-electron chi connectivity index (χ1n) is 10.4. The Hall–Kier alpha value is -1.91. The molecule has 3 rings (SSSR count). The summed E-state index contributed by atoms with van der Waals surface area (Å²) in [5.74, 6) is 1.61. The molecule has 0 fully saturated rings. The van der Waals surface area contributed by atoms with Crippen molar-refractivity contribution in [2.75, 3.05) is 25.4 Å². The number of aliphatic imine (C=N–C) groups is 1. The number of rotatable bonds is 9. The number of fused-ring (bicyclic) bond motifs is 1. The predicted octanol–water partition coefficient (Wildman–Crippen LogP) is 2.63. The van der Waals surface area contributed by atoms with Gasteiger partial charge in [-0.1, -0.05) is 32.5 Å². The van der Waals surface area contributed by atoms with E-state index in [1.807, 2.05) is 19.9 Å². The average Bonchev–Trinajstić information content (AvgIpc) is 3.35. The van der Waals surface area contributed by atoms with Crippen LogP contribution in [0.3, 0.4) is 0 Å². The molecule has 1 aliphatic heterocycles. The zero-order valence-corrected chi connectivity index (χ0v) is 19.4. The van der Waals surface area contributed by atoms with Crippen LogP contribution in [0.5, 0.6) is 0 Å². The maximum atomic E-state index is 12.9. The van der Waals surface area contributed by atoms with E-state index in [2.05, 4.69) is 26.8 Å². The highest BCUT2D eigenvalue weighted by molar-refractivity contribution is 8.14. The Kier molecular flexibility index (Phi) is 7.54. The first-order chi connectivity index (χ1) is 14.4. The first kappa shape index (κ1) is 22.8. The maximum Gasteiger partial charge on any atom is 0.243 e. The largest absolute Gasteiger partial charge is 0.328 e. The summed E-state index contributed by atoms with van der Waals surface area (Å²) in [6, 6.07) is 5.11. The minimum absolute atomic E-state index is 0.0805. The molecule has 0 aliphatic carbocycles. The molecular weight excluding hydrogens is 422 g/mol. The van der Waals surface area contributed by atoms with Gasteiger partial charge in [0.2, 0.25) is 15.9 Å². The Bertz CT molecular complexity index is 1040. The van der Waals surface area contributed by atoms with Crippen LogP contribution in [-0.4, -0.2) is 58.7 Å². The van der Waals surface area contributed by atoms with Crippen LogP contribution in [0.4, 0.5) is 0 Å². The SMILES string of the molecule is CCCn1c(CCC(=O)NC2=NCCS2)nc2cc(S(=O)(=O)N(CC)CC)ccc21. The van der Waals surface area contributed by atoms with Gasteiger partial charge in [-0.2, -0.15) is 4.31 Å². The molecule has 0 atom stereocenters. The molecule has 0 saturated carbocycles. The van der Waals surface area contributed by atoms with Crippen LogP contribution in [0.15, 0.2) is 28.1 Å². The molecule has 1 aromatic heterocycles. The first-order valence-corrected chi connectivity index (χ1v) is 12.8. The fraction of sp³-hybridized carbons (Fsp3) is 0.550. The smallest absolute Gasteiger partial charge is 0.243 e. The Morgan fingerprint density at radius 3 is 2.67 bits per heavy atom. The van der Waals surface area contributed by atoms with Gasteiger partial charge in [-0.25, -0.2) is 13.4 Å². The highest BCUT2D eigenvalue weighted by Crippen LogP contribution is 2.24. The topological polar surface area (TPSA) is 96.7 Å². The summed E-state index contributed by atoms with van der Waals surface area (Å²) in [6.07, 6.45) is 1.70. The number of hydrogen-bond acceptors (Lipinski definition) is 6. The van der Waals surface area contributed by atoms with Gasteiger partial charge >= 0.3 is 0 Å². The molecule has 0 unspecified atom stereocenters. The van der Waals surface area contributed by atoms with Crippen LogP contribution in [0, 0.1) is 0 Å². The van der Waals surface area contributed by atoms with E-state index in [4.69, 9.17) is 0 Å². The van der Waals surface area contributed by atoms with Crippen molar-refractivity contribution in [3.63, 3.8) is 0 Å². The van der Waals surface area contributed by atoms with Gasteiger partial charge in [-0.05, 0) is 24.6 Å². The third kappa shape index (κ3) is 4.87. The lowest BCUT2D eigenvalue weighted by Crippen LogP contribution is -2.30. The van der Waals surface area contributed by atoms with Crippen LogP contribution in [-0.2, 0) is 27.8 Å². The molecular formula is C20H29N5O3S2. The van der Waals surface area contributed by atoms with Gasteiger partial charge in [0.15, 0.2) is 5.17 Å². The number of aromatic nitrogens is 2. The highest BCUT2D eigenvalue weighted by Gasteiger charge is 2.23. The zero-order valence-electron chi connectivity index (χ0n) is 17.7. The number of sulfonamides is 1. The van der Waals surface area contributed by atoms with E-state index in [0.29, 0.717) is 36.6 Å². The molecule has 0 saturated heterocycles. The van der Waals surface area contributed by atoms with Crippen molar-refractivity contribution in [3.05, 3.63) is 24.0 Å². The third-order valence-electron chi connectivity index (χ3n) is 5.00. The zero-order chi connectivity index (χ0) is 21.7. The van der Waals surface area contributed by atoms with Gasteiger partial charge in [-0.15, -0.1) is 0 Å². The fourth-order valence-corrected chi connectivity index (χ4v) is 5.74. The summed E-state index contributed by atoms with van der Waals surface area (Å²) in [5.41, 5.74) is 1.53. The molecule has 1 aliphatic rings. The molecule has 164 valence electrons. The van der Waals surface area contributed by atoms with Crippen molar-refractivity contribution < 1.29 is 13.2 Å². The molecule has 2 aromatic rings. The normalized spacial score (nSPS) is 14.5. The van der Waals surface area contributed by atoms with Crippen LogP contribution >= 0.6 is 11.8 Å². The molecule has 0 radical (unpaired) electrons. The quantitative estimate of drug-likeness (QED) is 0.632. The second kappa shape index (κ2) is 9.93. The van der Waals surface area contributed by atoms with E-state index < -0.39 is 10.0 Å². The fourth-order valence-electron chi connectivity index (χ4n) is 3.51. The van der Waals surface area contributed by atoms with Crippen LogP contribution in [0.25, 0.3) is 11.0 Å². The number of benzene rings is 1. The van der Waals surface area contributed by atoms with Crippen molar-refractivity contribution in [3.8, 4) is 0 Å². The monoisotopic (exact) mass is 451 g/mol. The van der Waals surface area contributed by atoms with Gasteiger partial charge in [0.1, 0.15) is 5.82 Å². The summed E-state index contributed by atoms with van der Waals surface area (Å²) in [6.45, 7) is 8.08. The minimum atomic E-state index is -3.54. The van der Waals surface area contributed by atoms with Gasteiger partial charge < -0.3 is 9.88 Å². The summed E-state index contributed by atoms with van der Waals surface area (Å²) in [7, 11) is -3.54. The van der Waals surface area contributed by atoms with Crippen molar-refractivity contribution in [1.82, 2.24) is 19.2 Å². The summed E-state index contributed by atoms with van der Waals surface area (Å²) in [5, 5.41) is 3.53. The number of imidazole rings is 1. The van der Waals surface area contributed by atoms with Crippen LogP contribution < -0.4 is 5.32 Å². The number of thioether (sulfide) groups is 1. The van der Waals surface area contributed by atoms with Crippen LogP contribution in [0.2, 0.25) is 0 Å². The van der Waals surface area contributed by atoms with E-state index >= 15 is 0 Å². The Balaban J connectivity index is 1.85. The van der Waals surface area contributed by atoms with Crippen LogP contribution in [0.1, 0.15) is 39.4 Å². The van der Waals surface area contributed by atoms with Gasteiger partial charge in [0, 0.05) is 38.2 Å². The second-order valence-corrected chi connectivity index (χ2v) is 10.0. The van der Waals surface area contributed by atoms with Crippen molar-refractivity contribution in [2.24, 2.45) is 4.99 Å². The molecule has 10 heteroatoms. The Morgan fingerprint density at radius 2 is 2.03 bits per heavy atom. The number of hydrogen-bond donors (Lipinski definition) is 1. The molecule has 1 N–H and O–H groups in total. The van der Waals surface area contributed by atoms with Crippen molar-refractivity contribution >= 4 is 43.9 Å². The second-order valence-electron chi connectivity index (χ2n) is 7.00. The number of amides is 1. The number of amidine groups is 1. The summed E-state index contributed by atoms with van der Waals surface area (Å²) in [4.78, 5) is 21.4.